The molecule has 132 valence electrons. The summed E-state index contributed by atoms with van der Waals surface area (Å²) in [5.74, 6) is 0. The Balaban J connectivity index is 1.69. The molecule has 2 aliphatic rings. The highest BCUT2D eigenvalue weighted by atomic mass is 32.1. The molecule has 1 aliphatic heterocycles. The van der Waals surface area contributed by atoms with Gasteiger partial charge in [-0.25, -0.2) is 0 Å². The molecule has 25 heavy (non-hydrogen) atoms. The molecule has 2 N–H and O–H groups in total. The van der Waals surface area contributed by atoms with E-state index in [1.54, 1.807) is 4.68 Å². The summed E-state index contributed by atoms with van der Waals surface area (Å²) in [7, 11) is 4.03. The molecule has 2 aromatic rings. The first kappa shape index (κ1) is 16.2. The Morgan fingerprint density at radius 1 is 1.20 bits per heavy atom. The van der Waals surface area contributed by atoms with Crippen LogP contribution in [0.5, 0.6) is 0 Å². The number of fused-ring (bicyclic) bond motifs is 1. The second-order valence-corrected chi connectivity index (χ2v) is 8.01. The summed E-state index contributed by atoms with van der Waals surface area (Å²) >= 11 is 1.41. The Morgan fingerprint density at radius 3 is 2.60 bits per heavy atom. The number of benzene rings is 1. The molecule has 1 aliphatic carbocycles. The van der Waals surface area contributed by atoms with Crippen LogP contribution in [0.4, 0.5) is 5.69 Å². The molecule has 1 spiro atoms. The third kappa shape index (κ3) is 3.04. The summed E-state index contributed by atoms with van der Waals surface area (Å²) in [6.07, 6.45) is 7.47. The molecule has 4 rings (SSSR count). The van der Waals surface area contributed by atoms with Gasteiger partial charge < -0.3 is 4.90 Å². The molecule has 1 fully saturated rings. The number of rotatable bonds is 2. The van der Waals surface area contributed by atoms with Crippen molar-refractivity contribution in [2.24, 2.45) is 5.10 Å². The molecule has 1 aromatic carbocycles. The summed E-state index contributed by atoms with van der Waals surface area (Å²) in [5, 5.41) is 4.47. The number of nitrogens with one attached hydrogen (secondary N) is 2. The quantitative estimate of drug-likeness (QED) is 0.846. The first-order valence-corrected chi connectivity index (χ1v) is 9.52. The van der Waals surface area contributed by atoms with Crippen LogP contribution in [0.15, 0.2) is 34.2 Å². The largest absolute Gasteiger partial charge is 0.378 e. The Hall–Kier alpha value is -2.28. The van der Waals surface area contributed by atoms with Gasteiger partial charge in [-0.15, -0.1) is 5.10 Å². The predicted octanol–water partition coefficient (Wildman–Crippen LogP) is 1.15. The lowest BCUT2D eigenvalue weighted by atomic mass is 9.90. The third-order valence-electron chi connectivity index (χ3n) is 4.91. The molecule has 7 heteroatoms. The van der Waals surface area contributed by atoms with Gasteiger partial charge in [0.1, 0.15) is 5.66 Å². The normalized spacial score (nSPS) is 18.9. The fourth-order valence-electron chi connectivity index (χ4n) is 3.44. The van der Waals surface area contributed by atoms with Crippen LogP contribution in [0.3, 0.4) is 0 Å². The second-order valence-electron chi connectivity index (χ2n) is 7.00. The van der Waals surface area contributed by atoms with Crippen molar-refractivity contribution in [2.45, 2.75) is 37.8 Å². The van der Waals surface area contributed by atoms with Gasteiger partial charge >= 0.3 is 0 Å². The van der Waals surface area contributed by atoms with Gasteiger partial charge in [0.05, 0.1) is 4.53 Å². The smallest absolute Gasteiger partial charge is 0.289 e. The van der Waals surface area contributed by atoms with Crippen molar-refractivity contribution in [3.05, 3.63) is 49.5 Å². The molecular weight excluding hydrogens is 334 g/mol. The van der Waals surface area contributed by atoms with Gasteiger partial charge in [-0.2, -0.15) is 4.68 Å². The Bertz CT molecular complexity index is 935. The van der Waals surface area contributed by atoms with E-state index in [0.29, 0.717) is 9.33 Å². The maximum Gasteiger partial charge on any atom is 0.289 e. The van der Waals surface area contributed by atoms with Crippen LogP contribution in [0.1, 0.15) is 37.7 Å². The Labute approximate surface area is 150 Å². The minimum Gasteiger partial charge on any atom is -0.378 e. The van der Waals surface area contributed by atoms with Crippen LogP contribution < -0.4 is 30.6 Å². The second kappa shape index (κ2) is 6.22. The maximum absolute atomic E-state index is 12.8. The van der Waals surface area contributed by atoms with Crippen molar-refractivity contribution in [1.29, 1.82) is 0 Å². The van der Waals surface area contributed by atoms with E-state index in [2.05, 4.69) is 33.0 Å². The molecule has 0 bridgehead atoms. The van der Waals surface area contributed by atoms with Crippen molar-refractivity contribution < 1.29 is 0 Å². The summed E-state index contributed by atoms with van der Waals surface area (Å²) in [4.78, 5) is 15.5. The van der Waals surface area contributed by atoms with E-state index in [0.717, 1.165) is 36.9 Å². The van der Waals surface area contributed by atoms with Crippen molar-refractivity contribution in [1.82, 2.24) is 10.1 Å². The van der Waals surface area contributed by atoms with E-state index < -0.39 is 0 Å². The lowest BCUT2D eigenvalue weighted by Crippen LogP contribution is -2.61. The first-order chi connectivity index (χ1) is 12.1. The van der Waals surface area contributed by atoms with Gasteiger partial charge in [0.2, 0.25) is 4.80 Å². The van der Waals surface area contributed by atoms with Crippen molar-refractivity contribution in [2.75, 3.05) is 24.4 Å². The lowest BCUT2D eigenvalue weighted by molar-refractivity contribution is 0.229. The fraction of sp³-hybridized carbons (Fsp3) is 0.444. The summed E-state index contributed by atoms with van der Waals surface area (Å²) in [6.45, 7) is 0. The van der Waals surface area contributed by atoms with Crippen molar-refractivity contribution in [3.63, 3.8) is 0 Å². The van der Waals surface area contributed by atoms with E-state index in [-0.39, 0.29) is 11.2 Å². The predicted molar refractivity (Wildman–Crippen MR) is 102 cm³/mol. The topological polar surface area (TPSA) is 61.7 Å². The molecule has 0 atom stereocenters. The average molecular weight is 357 g/mol. The number of nitrogens with zero attached hydrogens (tertiary/aromatic N) is 3. The molecule has 1 aromatic heterocycles. The standard InChI is InChI=1S/C18H23N5OS/c1-22(2)14-8-6-13(7-9-14)12-15-16(24)23-17(25-15)19-20-18(21-23)10-4-3-5-11-18/h6-9,12,20-21H,3-5,10-11H2,1-2H3/b15-12-. The van der Waals surface area contributed by atoms with E-state index in [9.17, 15) is 4.79 Å². The highest BCUT2D eigenvalue weighted by molar-refractivity contribution is 7.07. The summed E-state index contributed by atoms with van der Waals surface area (Å²) in [5.41, 5.74) is 8.52. The molecule has 1 saturated carbocycles. The summed E-state index contributed by atoms with van der Waals surface area (Å²) < 4.78 is 2.31. The number of hydrogen-bond donors (Lipinski definition) is 2. The van der Waals surface area contributed by atoms with Crippen LogP contribution in [0.25, 0.3) is 6.08 Å². The fourth-order valence-corrected chi connectivity index (χ4v) is 4.32. The van der Waals surface area contributed by atoms with Crippen LogP contribution in [0.2, 0.25) is 0 Å². The molecule has 6 nitrogen and oxygen atoms in total. The molecule has 0 radical (unpaired) electrons. The monoisotopic (exact) mass is 357 g/mol. The Morgan fingerprint density at radius 2 is 1.92 bits per heavy atom. The number of aromatic nitrogens is 1. The number of hydrogen-bond acceptors (Lipinski definition) is 6. The molecule has 0 saturated heterocycles. The first-order valence-electron chi connectivity index (χ1n) is 8.70. The lowest BCUT2D eigenvalue weighted by Gasteiger charge is -2.39. The van der Waals surface area contributed by atoms with Crippen LogP contribution >= 0.6 is 11.3 Å². The van der Waals surface area contributed by atoms with Crippen LogP contribution in [-0.4, -0.2) is 24.4 Å². The minimum atomic E-state index is -0.263. The number of anilines is 1. The maximum atomic E-state index is 12.8. The zero-order valence-corrected chi connectivity index (χ0v) is 15.4. The Kier molecular flexibility index (Phi) is 4.03. The van der Waals surface area contributed by atoms with Crippen LogP contribution in [-0.2, 0) is 0 Å². The highest BCUT2D eigenvalue weighted by Gasteiger charge is 2.34. The van der Waals surface area contributed by atoms with Crippen LogP contribution in [0, 0.1) is 0 Å². The van der Waals surface area contributed by atoms with E-state index in [4.69, 9.17) is 0 Å². The van der Waals surface area contributed by atoms with Crippen molar-refractivity contribution >= 4 is 23.1 Å². The summed E-state index contributed by atoms with van der Waals surface area (Å²) in [6, 6.07) is 8.17. The average Bonchev–Trinajstić information content (AvgIpc) is 2.92. The van der Waals surface area contributed by atoms with Gasteiger partial charge in [0.15, 0.2) is 0 Å². The zero-order chi connectivity index (χ0) is 17.4. The van der Waals surface area contributed by atoms with E-state index in [1.165, 1.54) is 17.8 Å². The number of thiazole rings is 1. The molecular formula is C18H23N5OS. The van der Waals surface area contributed by atoms with Gasteiger partial charge in [-0.1, -0.05) is 29.9 Å². The van der Waals surface area contributed by atoms with E-state index in [1.807, 2.05) is 32.3 Å². The molecule has 2 heterocycles. The molecule has 0 amide bonds. The molecule has 0 unspecified atom stereocenters. The van der Waals surface area contributed by atoms with Gasteiger partial charge in [-0.05, 0) is 49.5 Å². The SMILES string of the molecule is CN(C)c1ccc(/C=c2\sc3n(c2=O)NC2(CCCCC2)NN=3)cc1. The van der Waals surface area contributed by atoms with Crippen molar-refractivity contribution in [3.8, 4) is 0 Å². The highest BCUT2D eigenvalue weighted by Crippen LogP contribution is 2.27. The van der Waals surface area contributed by atoms with Gasteiger partial charge in [0, 0.05) is 19.8 Å². The van der Waals surface area contributed by atoms with Gasteiger partial charge in [0.25, 0.3) is 5.56 Å². The van der Waals surface area contributed by atoms with E-state index >= 15 is 0 Å². The van der Waals surface area contributed by atoms with Gasteiger partial charge in [-0.3, -0.25) is 15.6 Å². The third-order valence-corrected chi connectivity index (χ3v) is 5.88. The minimum absolute atomic E-state index is 0.0214. The zero-order valence-electron chi connectivity index (χ0n) is 14.6.